The predicted octanol–water partition coefficient (Wildman–Crippen LogP) is 4.01. The number of nitrogens with zero attached hydrogens (tertiary/aromatic N) is 3. The van der Waals surface area contributed by atoms with Crippen LogP contribution in [-0.2, 0) is 11.2 Å². The summed E-state index contributed by atoms with van der Waals surface area (Å²) < 4.78 is 6.57. The van der Waals surface area contributed by atoms with Crippen molar-refractivity contribution >= 4 is 33.2 Å². The van der Waals surface area contributed by atoms with Gasteiger partial charge in [0.25, 0.3) is 11.8 Å². The highest BCUT2D eigenvalue weighted by molar-refractivity contribution is 7.21. The number of morpholine rings is 1. The Balaban J connectivity index is 1.48. The summed E-state index contributed by atoms with van der Waals surface area (Å²) in [6.07, 6.45) is 7.09. The minimum absolute atomic E-state index is 0.0534. The van der Waals surface area contributed by atoms with Crippen LogP contribution in [0.1, 0.15) is 44.9 Å². The Morgan fingerprint density at radius 1 is 1.00 bits per heavy atom. The second-order valence-electron chi connectivity index (χ2n) is 8.40. The van der Waals surface area contributed by atoms with Crippen molar-refractivity contribution < 1.29 is 14.3 Å². The minimum atomic E-state index is 0.0534. The molecular weight excluding hydrogens is 422 g/mol. The van der Waals surface area contributed by atoms with Gasteiger partial charge in [-0.2, -0.15) is 0 Å². The lowest BCUT2D eigenvalue weighted by molar-refractivity contribution is 0.0305. The molecule has 3 aromatic rings. The van der Waals surface area contributed by atoms with Crippen molar-refractivity contribution in [1.82, 2.24) is 14.8 Å². The molecule has 4 heterocycles. The van der Waals surface area contributed by atoms with Crippen LogP contribution in [-0.4, -0.2) is 65.5 Å². The molecule has 0 bridgehead atoms. The smallest absolute Gasteiger partial charge is 0.264 e. The van der Waals surface area contributed by atoms with Crippen LogP contribution in [0, 0.1) is 0 Å². The van der Waals surface area contributed by atoms with E-state index in [-0.39, 0.29) is 17.9 Å². The van der Waals surface area contributed by atoms with E-state index in [0.717, 1.165) is 46.3 Å². The van der Waals surface area contributed by atoms with Crippen molar-refractivity contribution in [3.05, 3.63) is 64.8 Å². The van der Waals surface area contributed by atoms with Crippen LogP contribution in [0.25, 0.3) is 10.1 Å². The molecule has 166 valence electrons. The number of amides is 2. The Bertz CT molecular complexity index is 1110. The second-order valence-corrected chi connectivity index (χ2v) is 9.45. The molecule has 1 atom stereocenters. The molecule has 0 aliphatic carbocycles. The maximum Gasteiger partial charge on any atom is 0.264 e. The number of rotatable bonds is 4. The summed E-state index contributed by atoms with van der Waals surface area (Å²) in [5.74, 6) is 0.144. The van der Waals surface area contributed by atoms with E-state index >= 15 is 0 Å². The SMILES string of the molecule is O=C(c1sc2ccccc2c1C[C@@H]1CCCCN1C(=O)c1ccncc1)N1CCOCC1. The molecule has 2 aliphatic rings. The number of hydrogen-bond acceptors (Lipinski definition) is 5. The molecule has 7 heteroatoms. The molecule has 2 aliphatic heterocycles. The number of carbonyl (C=O) groups excluding carboxylic acids is 2. The maximum absolute atomic E-state index is 13.5. The summed E-state index contributed by atoms with van der Waals surface area (Å²) in [7, 11) is 0. The number of ether oxygens (including phenoxy) is 1. The van der Waals surface area contributed by atoms with E-state index in [4.69, 9.17) is 4.74 Å². The van der Waals surface area contributed by atoms with Gasteiger partial charge in [0.15, 0.2) is 0 Å². The van der Waals surface area contributed by atoms with E-state index in [2.05, 4.69) is 17.1 Å². The number of thiophene rings is 1. The Labute approximate surface area is 191 Å². The topological polar surface area (TPSA) is 62.7 Å². The first kappa shape index (κ1) is 21.1. The lowest BCUT2D eigenvalue weighted by Crippen LogP contribution is -2.45. The van der Waals surface area contributed by atoms with Gasteiger partial charge in [-0.3, -0.25) is 14.6 Å². The molecule has 2 fully saturated rings. The zero-order chi connectivity index (χ0) is 21.9. The number of likely N-dealkylation sites (tertiary alicyclic amines) is 1. The highest BCUT2D eigenvalue weighted by atomic mass is 32.1. The highest BCUT2D eigenvalue weighted by Gasteiger charge is 2.31. The van der Waals surface area contributed by atoms with Gasteiger partial charge in [0.1, 0.15) is 0 Å². The zero-order valence-corrected chi connectivity index (χ0v) is 18.9. The third-order valence-corrected chi connectivity index (χ3v) is 7.65. The molecule has 6 nitrogen and oxygen atoms in total. The van der Waals surface area contributed by atoms with Crippen molar-refractivity contribution in [2.24, 2.45) is 0 Å². The molecule has 0 saturated carbocycles. The molecule has 5 rings (SSSR count). The number of aromatic nitrogens is 1. The number of fused-ring (bicyclic) bond motifs is 1. The summed E-state index contributed by atoms with van der Waals surface area (Å²) in [6.45, 7) is 3.18. The number of pyridine rings is 1. The van der Waals surface area contributed by atoms with Crippen LogP contribution in [0.15, 0.2) is 48.8 Å². The summed E-state index contributed by atoms with van der Waals surface area (Å²) in [5.41, 5.74) is 1.76. The molecule has 2 aromatic heterocycles. The van der Waals surface area contributed by atoms with Crippen molar-refractivity contribution in [2.45, 2.75) is 31.7 Å². The standard InChI is InChI=1S/C25H27N3O3S/c29-24(18-8-10-26-11-9-18)28-12-4-3-5-19(28)17-21-20-6-1-2-7-22(20)32-23(21)25(30)27-13-15-31-16-14-27/h1-2,6-11,19H,3-5,12-17H2/t19-/m0/s1. The fourth-order valence-corrected chi connectivity index (χ4v) is 5.96. The minimum Gasteiger partial charge on any atom is -0.378 e. The van der Waals surface area contributed by atoms with Crippen LogP contribution < -0.4 is 0 Å². The van der Waals surface area contributed by atoms with Gasteiger partial charge in [-0.15, -0.1) is 11.3 Å². The van der Waals surface area contributed by atoms with E-state index in [0.29, 0.717) is 38.3 Å². The summed E-state index contributed by atoms with van der Waals surface area (Å²) >= 11 is 1.58. The van der Waals surface area contributed by atoms with Gasteiger partial charge in [-0.05, 0) is 54.8 Å². The average molecular weight is 450 g/mol. The lowest BCUT2D eigenvalue weighted by atomic mass is 9.93. The largest absolute Gasteiger partial charge is 0.378 e. The van der Waals surface area contributed by atoms with Gasteiger partial charge in [-0.1, -0.05) is 18.2 Å². The number of carbonyl (C=O) groups is 2. The molecule has 0 unspecified atom stereocenters. The summed E-state index contributed by atoms with van der Waals surface area (Å²) in [5, 5.41) is 1.14. The number of hydrogen-bond donors (Lipinski definition) is 0. The first-order valence-electron chi connectivity index (χ1n) is 11.3. The Hall–Kier alpha value is -2.77. The van der Waals surface area contributed by atoms with Crippen LogP contribution in [0.3, 0.4) is 0 Å². The van der Waals surface area contributed by atoms with Crippen molar-refractivity contribution in [3.8, 4) is 0 Å². The quantitative estimate of drug-likeness (QED) is 0.604. The van der Waals surface area contributed by atoms with E-state index in [1.807, 2.05) is 21.9 Å². The monoisotopic (exact) mass is 449 g/mol. The fourth-order valence-electron chi connectivity index (χ4n) is 4.76. The van der Waals surface area contributed by atoms with Crippen molar-refractivity contribution in [2.75, 3.05) is 32.8 Å². The van der Waals surface area contributed by atoms with Gasteiger partial charge in [0.2, 0.25) is 0 Å². The van der Waals surface area contributed by atoms with Crippen LogP contribution in [0.2, 0.25) is 0 Å². The third kappa shape index (κ3) is 4.14. The van der Waals surface area contributed by atoms with Crippen LogP contribution in [0.4, 0.5) is 0 Å². The molecule has 2 amide bonds. The van der Waals surface area contributed by atoms with Crippen molar-refractivity contribution in [1.29, 1.82) is 0 Å². The number of piperidine rings is 1. The fraction of sp³-hybridized carbons (Fsp3) is 0.400. The van der Waals surface area contributed by atoms with Gasteiger partial charge in [0, 0.05) is 48.3 Å². The second kappa shape index (κ2) is 9.38. The Morgan fingerprint density at radius 2 is 1.78 bits per heavy atom. The van der Waals surface area contributed by atoms with Gasteiger partial charge < -0.3 is 14.5 Å². The zero-order valence-electron chi connectivity index (χ0n) is 18.0. The lowest BCUT2D eigenvalue weighted by Gasteiger charge is -2.36. The van der Waals surface area contributed by atoms with E-state index in [1.54, 1.807) is 35.9 Å². The molecule has 0 radical (unpaired) electrons. The Kier molecular flexibility index (Phi) is 6.19. The van der Waals surface area contributed by atoms with Crippen molar-refractivity contribution in [3.63, 3.8) is 0 Å². The van der Waals surface area contributed by atoms with E-state index in [1.165, 1.54) is 0 Å². The highest BCUT2D eigenvalue weighted by Crippen LogP contribution is 2.35. The maximum atomic E-state index is 13.5. The first-order chi connectivity index (χ1) is 15.7. The summed E-state index contributed by atoms with van der Waals surface area (Å²) in [4.78, 5) is 35.5. The van der Waals surface area contributed by atoms with E-state index < -0.39 is 0 Å². The summed E-state index contributed by atoms with van der Waals surface area (Å²) in [6, 6.07) is 11.9. The molecule has 0 N–H and O–H groups in total. The molecule has 1 aromatic carbocycles. The van der Waals surface area contributed by atoms with E-state index in [9.17, 15) is 9.59 Å². The van der Waals surface area contributed by atoms with Crippen LogP contribution >= 0.6 is 11.3 Å². The third-order valence-electron chi connectivity index (χ3n) is 6.45. The van der Waals surface area contributed by atoms with Gasteiger partial charge >= 0.3 is 0 Å². The average Bonchev–Trinajstić information content (AvgIpc) is 3.23. The molecular formula is C25H27N3O3S. The Morgan fingerprint density at radius 3 is 2.59 bits per heavy atom. The molecule has 2 saturated heterocycles. The number of benzene rings is 1. The normalized spacial score (nSPS) is 19.3. The predicted molar refractivity (Wildman–Crippen MR) is 125 cm³/mol. The van der Waals surface area contributed by atoms with Gasteiger partial charge in [-0.25, -0.2) is 0 Å². The van der Waals surface area contributed by atoms with Crippen LogP contribution in [0.5, 0.6) is 0 Å². The first-order valence-corrected chi connectivity index (χ1v) is 12.1. The van der Waals surface area contributed by atoms with Gasteiger partial charge in [0.05, 0.1) is 18.1 Å². The molecule has 32 heavy (non-hydrogen) atoms. The molecule has 0 spiro atoms.